The van der Waals surface area contributed by atoms with Crippen molar-refractivity contribution in [2.75, 3.05) is 7.11 Å². The van der Waals surface area contributed by atoms with Gasteiger partial charge in [0.15, 0.2) is 0 Å². The van der Waals surface area contributed by atoms with Crippen LogP contribution in [0.2, 0.25) is 0 Å². The minimum atomic E-state index is -1.25. The summed E-state index contributed by atoms with van der Waals surface area (Å²) in [7, 11) is 5.18. The third kappa shape index (κ3) is 7.47. The summed E-state index contributed by atoms with van der Waals surface area (Å²) in [6, 6.07) is 0. The Labute approximate surface area is 132 Å². The zero-order chi connectivity index (χ0) is 17.1. The summed E-state index contributed by atoms with van der Waals surface area (Å²) in [5.74, 6) is 1.30. The van der Waals surface area contributed by atoms with E-state index in [0.29, 0.717) is 0 Å². The Kier molecular flexibility index (Phi) is 9.33. The molecule has 0 bridgehead atoms. The molecule has 7 heteroatoms. The van der Waals surface area contributed by atoms with Crippen LogP contribution in [0.4, 0.5) is 4.79 Å². The molecule has 124 valence electrons. The van der Waals surface area contributed by atoms with Crippen LogP contribution in [0.25, 0.3) is 0 Å². The van der Waals surface area contributed by atoms with Crippen molar-refractivity contribution in [3.8, 4) is 0 Å². The summed E-state index contributed by atoms with van der Waals surface area (Å²) in [5, 5.41) is 7.50. The van der Waals surface area contributed by atoms with Crippen LogP contribution in [0.1, 0.15) is 19.7 Å². The number of carbonyl (C=O) groups is 1. The second-order valence-electron chi connectivity index (χ2n) is 4.62. The predicted molar refractivity (Wildman–Crippen MR) is 82.3 cm³/mol. The first kappa shape index (κ1) is 19.7. The molecule has 2 rings (SSSR count). The number of hydrogen-bond donors (Lipinski definition) is 1. The number of carboxylic acid groups (broad SMARTS) is 1. The van der Waals surface area contributed by atoms with Crippen LogP contribution in [0.3, 0.4) is 0 Å². The van der Waals surface area contributed by atoms with Gasteiger partial charge in [-0.15, -0.1) is 0 Å². The topological polar surface area (TPSA) is 64.2 Å². The molecule has 2 heterocycles. The van der Waals surface area contributed by atoms with Crippen LogP contribution >= 0.6 is 0 Å². The van der Waals surface area contributed by atoms with Crippen LogP contribution in [0.15, 0.2) is 31.1 Å². The van der Waals surface area contributed by atoms with Gasteiger partial charge in [0.1, 0.15) is 24.8 Å². The molecule has 0 saturated heterocycles. The van der Waals surface area contributed by atoms with Crippen molar-refractivity contribution in [2.45, 2.75) is 33.9 Å². The minimum absolute atomic E-state index is 1.06. The first-order valence-electron chi connectivity index (χ1n) is 7.14. The highest BCUT2D eigenvalue weighted by Crippen LogP contribution is 1.89. The van der Waals surface area contributed by atoms with Gasteiger partial charge in [-0.1, -0.05) is 0 Å². The normalized spacial score (nSPS) is 9.18. The van der Waals surface area contributed by atoms with Gasteiger partial charge in [-0.2, -0.15) is 0 Å². The minimum Gasteiger partial charge on any atom is -0.450 e. The molecule has 0 aliphatic carbocycles. The second-order valence-corrected chi connectivity index (χ2v) is 4.62. The Morgan fingerprint density at radius 3 is 2.00 bits per heavy atom. The van der Waals surface area contributed by atoms with Gasteiger partial charge in [0.25, 0.3) is 5.82 Å². The zero-order valence-electron chi connectivity index (χ0n) is 14.4. The third-order valence-electron chi connectivity index (χ3n) is 3.10. The molecule has 0 unspecified atom stereocenters. The van der Waals surface area contributed by atoms with E-state index in [4.69, 9.17) is 9.90 Å². The number of nitrogens with zero attached hydrogens (tertiary/aromatic N) is 4. The van der Waals surface area contributed by atoms with Gasteiger partial charge in [0.2, 0.25) is 6.33 Å². The average molecular weight is 312 g/mol. The quantitative estimate of drug-likeness (QED) is 0.671. The highest BCUT2D eigenvalue weighted by atomic mass is 16.6. The lowest BCUT2D eigenvalue weighted by atomic mass is 10.6. The van der Waals surface area contributed by atoms with E-state index < -0.39 is 6.16 Å². The molecule has 0 atom stereocenters. The molecule has 0 saturated carbocycles. The van der Waals surface area contributed by atoms with Crippen LogP contribution < -0.4 is 9.13 Å². The van der Waals surface area contributed by atoms with E-state index >= 15 is 0 Å². The van der Waals surface area contributed by atoms with Crippen LogP contribution in [-0.4, -0.2) is 27.5 Å². The van der Waals surface area contributed by atoms with Crippen molar-refractivity contribution in [1.29, 1.82) is 0 Å². The van der Waals surface area contributed by atoms with Crippen LogP contribution in [0.5, 0.6) is 0 Å². The fourth-order valence-corrected chi connectivity index (χ4v) is 1.62. The van der Waals surface area contributed by atoms with Crippen LogP contribution in [0, 0.1) is 6.92 Å². The van der Waals surface area contributed by atoms with E-state index in [0.717, 1.165) is 20.2 Å². The SMILES string of the molecule is CCn1cc[n+](C)c1.CCn1cc[n+](C)c1C.COC(=O)O. The molecule has 2 aromatic heterocycles. The number of hydrogen-bond acceptors (Lipinski definition) is 2. The third-order valence-corrected chi connectivity index (χ3v) is 3.10. The van der Waals surface area contributed by atoms with Gasteiger partial charge in [0, 0.05) is 6.92 Å². The highest BCUT2D eigenvalue weighted by molar-refractivity contribution is 5.56. The predicted octanol–water partition coefficient (Wildman–Crippen LogP) is 1.28. The molecule has 0 spiro atoms. The van der Waals surface area contributed by atoms with Crippen molar-refractivity contribution in [3.05, 3.63) is 36.9 Å². The molecule has 0 aliphatic heterocycles. The van der Waals surface area contributed by atoms with Crippen molar-refractivity contribution in [2.24, 2.45) is 14.1 Å². The molecular weight excluding hydrogens is 284 g/mol. The monoisotopic (exact) mass is 312 g/mol. The summed E-state index contributed by atoms with van der Waals surface area (Å²) < 4.78 is 12.1. The van der Waals surface area contributed by atoms with Gasteiger partial charge in [0.05, 0.1) is 34.3 Å². The van der Waals surface area contributed by atoms with Crippen LogP contribution in [-0.2, 0) is 31.9 Å². The molecule has 0 fully saturated rings. The largest absolute Gasteiger partial charge is 0.505 e. The molecule has 1 N–H and O–H groups in total. The molecule has 0 radical (unpaired) electrons. The number of aryl methyl sites for hydroxylation is 4. The Balaban J connectivity index is 0.000000315. The number of methoxy groups -OCH3 is 1. The fourth-order valence-electron chi connectivity index (χ4n) is 1.62. The van der Waals surface area contributed by atoms with E-state index in [-0.39, 0.29) is 0 Å². The smallest absolute Gasteiger partial charge is 0.450 e. The number of aromatic nitrogens is 4. The maximum atomic E-state index is 9.15. The van der Waals surface area contributed by atoms with Gasteiger partial charge >= 0.3 is 6.16 Å². The lowest BCUT2D eigenvalue weighted by Gasteiger charge is -1.90. The van der Waals surface area contributed by atoms with Gasteiger partial charge < -0.3 is 9.84 Å². The van der Waals surface area contributed by atoms with E-state index in [9.17, 15) is 0 Å². The Hall–Kier alpha value is -2.31. The highest BCUT2D eigenvalue weighted by Gasteiger charge is 2.04. The molecule has 0 amide bonds. The van der Waals surface area contributed by atoms with Gasteiger partial charge in [-0.25, -0.2) is 23.1 Å². The van der Waals surface area contributed by atoms with Crippen molar-refractivity contribution >= 4 is 6.16 Å². The molecule has 0 aliphatic rings. The maximum Gasteiger partial charge on any atom is 0.505 e. The lowest BCUT2D eigenvalue weighted by molar-refractivity contribution is -0.677. The van der Waals surface area contributed by atoms with Gasteiger partial charge in [-0.05, 0) is 13.8 Å². The Morgan fingerprint density at radius 1 is 1.23 bits per heavy atom. The first-order chi connectivity index (χ1) is 10.3. The van der Waals surface area contributed by atoms with E-state index in [1.54, 1.807) is 0 Å². The second kappa shape index (κ2) is 10.4. The van der Waals surface area contributed by atoms with Crippen molar-refractivity contribution in [1.82, 2.24) is 9.13 Å². The van der Waals surface area contributed by atoms with E-state index in [1.165, 1.54) is 5.82 Å². The molecule has 0 aromatic carbocycles. The first-order valence-corrected chi connectivity index (χ1v) is 7.14. The summed E-state index contributed by atoms with van der Waals surface area (Å²) in [5.41, 5.74) is 0. The molecule has 22 heavy (non-hydrogen) atoms. The lowest BCUT2D eigenvalue weighted by Crippen LogP contribution is -2.29. The van der Waals surface area contributed by atoms with Crippen molar-refractivity contribution in [3.63, 3.8) is 0 Å². The molecular formula is C15H28N4O3+2. The molecule has 2 aromatic rings. The van der Waals surface area contributed by atoms with E-state index in [1.807, 2.05) is 17.8 Å². The number of ether oxygens (including phenoxy) is 1. The number of rotatable bonds is 2. The zero-order valence-corrected chi connectivity index (χ0v) is 14.4. The van der Waals surface area contributed by atoms with Crippen molar-refractivity contribution < 1.29 is 23.8 Å². The summed E-state index contributed by atoms with van der Waals surface area (Å²) in [6.07, 6.45) is 9.06. The Morgan fingerprint density at radius 2 is 1.82 bits per heavy atom. The number of imidazole rings is 2. The summed E-state index contributed by atoms with van der Waals surface area (Å²) >= 11 is 0. The standard InChI is InChI=1S/C7H13N2.C6H11N2.C2H4O3/c1-4-9-6-5-8(3)7(9)2;1-3-8-5-4-7(2)6-8;1-5-2(3)4/h5-6H,4H2,1-3H3;4-6H,3H2,1-2H3;1H3,(H,3,4)/q2*+1;. The fraction of sp³-hybridized carbons (Fsp3) is 0.533. The summed E-state index contributed by atoms with van der Waals surface area (Å²) in [4.78, 5) is 9.15. The van der Waals surface area contributed by atoms with Gasteiger partial charge in [-0.3, -0.25) is 0 Å². The maximum absolute atomic E-state index is 9.15. The average Bonchev–Trinajstić information content (AvgIpc) is 3.07. The molecule has 7 nitrogen and oxygen atoms in total. The summed E-state index contributed by atoms with van der Waals surface area (Å²) in [6.45, 7) is 8.50. The Bertz CT molecular complexity index is 561. The van der Waals surface area contributed by atoms with E-state index in [2.05, 4.69) is 71.2 Å².